The normalized spacial score (nSPS) is 9.60. The zero-order valence-corrected chi connectivity index (χ0v) is 7.51. The molecular weight excluding hydrogens is 204 g/mol. The molecule has 0 aromatic carbocycles. The molecule has 0 atom stereocenters. The number of nitrogens with one attached hydrogen (secondary N) is 1. The fourth-order valence-electron chi connectivity index (χ4n) is 0.885. The van der Waals surface area contributed by atoms with E-state index < -0.39 is 17.9 Å². The zero-order valence-electron chi connectivity index (χ0n) is 7.51. The Morgan fingerprint density at radius 2 is 2.20 bits per heavy atom. The van der Waals surface area contributed by atoms with Gasteiger partial charge in [0.15, 0.2) is 0 Å². The summed E-state index contributed by atoms with van der Waals surface area (Å²) in [7, 11) is 0. The minimum Gasteiger partial charge on any atom is -0.478 e. The maximum absolute atomic E-state index is 11.0. The third kappa shape index (κ3) is 3.10. The fourth-order valence-corrected chi connectivity index (χ4v) is 0.885. The Morgan fingerprint density at radius 3 is 2.67 bits per heavy atom. The molecule has 0 spiro atoms. The number of nitrogens with zero attached hydrogens (tertiary/aromatic N) is 2. The average molecular weight is 212 g/mol. The van der Waals surface area contributed by atoms with Crippen molar-refractivity contribution in [2.45, 2.75) is 6.54 Å². The van der Waals surface area contributed by atoms with Gasteiger partial charge in [-0.3, -0.25) is 14.8 Å². The molecule has 8 nitrogen and oxygen atoms in total. The summed E-state index contributed by atoms with van der Waals surface area (Å²) < 4.78 is 1.09. The zero-order chi connectivity index (χ0) is 11.4. The molecule has 0 saturated carbocycles. The molecule has 3 amide bonds. The van der Waals surface area contributed by atoms with Crippen LogP contribution in [0, 0.1) is 0 Å². The first-order chi connectivity index (χ1) is 6.99. The molecule has 1 rings (SSSR count). The molecule has 0 bridgehead atoms. The smallest absolute Gasteiger partial charge is 0.338 e. The summed E-state index contributed by atoms with van der Waals surface area (Å²) in [5.74, 6) is -1.81. The lowest BCUT2D eigenvalue weighted by atomic mass is 10.4. The Labute approximate surface area is 83.7 Å². The second-order valence-electron chi connectivity index (χ2n) is 2.64. The van der Waals surface area contributed by atoms with Gasteiger partial charge in [0.05, 0.1) is 11.8 Å². The van der Waals surface area contributed by atoms with Gasteiger partial charge in [0.25, 0.3) is 0 Å². The lowest BCUT2D eigenvalue weighted by molar-refractivity contribution is -0.120. The summed E-state index contributed by atoms with van der Waals surface area (Å²) >= 11 is 0. The van der Waals surface area contributed by atoms with Gasteiger partial charge in [-0.1, -0.05) is 0 Å². The van der Waals surface area contributed by atoms with Gasteiger partial charge in [0, 0.05) is 6.20 Å². The molecule has 15 heavy (non-hydrogen) atoms. The van der Waals surface area contributed by atoms with Crippen LogP contribution in [0.1, 0.15) is 10.4 Å². The van der Waals surface area contributed by atoms with Gasteiger partial charge in [-0.15, -0.1) is 0 Å². The Hall–Kier alpha value is -2.38. The van der Waals surface area contributed by atoms with E-state index in [0.717, 1.165) is 10.9 Å². The molecule has 1 aromatic heterocycles. The van der Waals surface area contributed by atoms with Gasteiger partial charge in [-0.25, -0.2) is 9.59 Å². The number of hydrogen-bond acceptors (Lipinski definition) is 4. The first-order valence-corrected chi connectivity index (χ1v) is 3.84. The highest BCUT2D eigenvalue weighted by atomic mass is 16.4. The monoisotopic (exact) mass is 212 g/mol. The predicted molar refractivity (Wildman–Crippen MR) is 46.9 cm³/mol. The van der Waals surface area contributed by atoms with Crippen LogP contribution in [0.15, 0.2) is 12.4 Å². The molecule has 80 valence electrons. The van der Waals surface area contributed by atoms with Crippen molar-refractivity contribution in [1.29, 1.82) is 0 Å². The van der Waals surface area contributed by atoms with Gasteiger partial charge >= 0.3 is 12.0 Å². The lowest BCUT2D eigenvalue weighted by Crippen LogP contribution is -2.37. The van der Waals surface area contributed by atoms with Crippen molar-refractivity contribution in [3.63, 3.8) is 0 Å². The van der Waals surface area contributed by atoms with Crippen LogP contribution >= 0.6 is 0 Å². The number of rotatable bonds is 3. The number of nitrogens with two attached hydrogens (primary N) is 1. The molecule has 8 heteroatoms. The summed E-state index contributed by atoms with van der Waals surface area (Å²) in [5.41, 5.74) is 4.67. The molecule has 1 aromatic rings. The van der Waals surface area contributed by atoms with E-state index in [-0.39, 0.29) is 12.1 Å². The largest absolute Gasteiger partial charge is 0.478 e. The van der Waals surface area contributed by atoms with E-state index in [4.69, 9.17) is 10.8 Å². The predicted octanol–water partition coefficient (Wildman–Crippen LogP) is -1.22. The van der Waals surface area contributed by atoms with E-state index in [1.807, 2.05) is 5.32 Å². The molecular formula is C7H8N4O4. The second kappa shape index (κ2) is 4.22. The van der Waals surface area contributed by atoms with Crippen molar-refractivity contribution in [2.75, 3.05) is 0 Å². The number of carbonyl (C=O) groups excluding carboxylic acids is 2. The van der Waals surface area contributed by atoms with Crippen molar-refractivity contribution in [1.82, 2.24) is 15.1 Å². The summed E-state index contributed by atoms with van der Waals surface area (Å²) in [6.45, 7) is -0.268. The molecule has 0 aliphatic heterocycles. The van der Waals surface area contributed by atoms with Crippen LogP contribution in [-0.2, 0) is 11.3 Å². The van der Waals surface area contributed by atoms with Crippen molar-refractivity contribution in [3.8, 4) is 0 Å². The summed E-state index contributed by atoms with van der Waals surface area (Å²) in [5, 5.41) is 14.0. The van der Waals surface area contributed by atoms with Gasteiger partial charge in [0.1, 0.15) is 6.54 Å². The molecule has 0 aliphatic carbocycles. The van der Waals surface area contributed by atoms with Crippen LogP contribution in [0.3, 0.4) is 0 Å². The third-order valence-electron chi connectivity index (χ3n) is 1.45. The topological polar surface area (TPSA) is 127 Å². The molecule has 1 heterocycles. The minimum atomic E-state index is -1.14. The van der Waals surface area contributed by atoms with E-state index in [0.29, 0.717) is 0 Å². The van der Waals surface area contributed by atoms with E-state index >= 15 is 0 Å². The van der Waals surface area contributed by atoms with Crippen LogP contribution in [-0.4, -0.2) is 32.8 Å². The number of primary amides is 1. The second-order valence-corrected chi connectivity index (χ2v) is 2.64. The van der Waals surface area contributed by atoms with E-state index in [2.05, 4.69) is 5.10 Å². The SMILES string of the molecule is NC(=O)NC(=O)Cn1cc(C(=O)O)cn1. The van der Waals surface area contributed by atoms with E-state index in [9.17, 15) is 14.4 Å². The van der Waals surface area contributed by atoms with Gasteiger partial charge in [-0.05, 0) is 0 Å². The minimum absolute atomic E-state index is 0.0399. The van der Waals surface area contributed by atoms with Crippen LogP contribution in [0.4, 0.5) is 4.79 Å². The first kappa shape index (κ1) is 10.7. The van der Waals surface area contributed by atoms with E-state index in [1.54, 1.807) is 0 Å². The maximum atomic E-state index is 11.0. The molecule has 0 fully saturated rings. The first-order valence-electron chi connectivity index (χ1n) is 3.84. The van der Waals surface area contributed by atoms with Gasteiger partial charge in [-0.2, -0.15) is 5.10 Å². The number of aromatic nitrogens is 2. The fraction of sp³-hybridized carbons (Fsp3) is 0.143. The van der Waals surface area contributed by atoms with Crippen LogP contribution in [0.25, 0.3) is 0 Å². The van der Waals surface area contributed by atoms with Crippen LogP contribution in [0.5, 0.6) is 0 Å². The number of urea groups is 1. The Bertz CT molecular complexity index is 411. The van der Waals surface area contributed by atoms with Crippen molar-refractivity contribution in [2.24, 2.45) is 5.73 Å². The van der Waals surface area contributed by atoms with Gasteiger partial charge in [0.2, 0.25) is 5.91 Å². The van der Waals surface area contributed by atoms with Gasteiger partial charge < -0.3 is 10.8 Å². The van der Waals surface area contributed by atoms with Crippen molar-refractivity contribution < 1.29 is 19.5 Å². The maximum Gasteiger partial charge on any atom is 0.338 e. The highest BCUT2D eigenvalue weighted by molar-refractivity contribution is 5.93. The van der Waals surface area contributed by atoms with Crippen molar-refractivity contribution >= 4 is 17.9 Å². The van der Waals surface area contributed by atoms with Crippen LogP contribution < -0.4 is 11.1 Å². The highest BCUT2D eigenvalue weighted by Crippen LogP contribution is 1.96. The summed E-state index contributed by atoms with van der Waals surface area (Å²) in [6.07, 6.45) is 2.27. The number of amides is 3. The lowest BCUT2D eigenvalue weighted by Gasteiger charge is -1.99. The molecule has 0 unspecified atom stereocenters. The van der Waals surface area contributed by atoms with Crippen molar-refractivity contribution in [3.05, 3.63) is 18.0 Å². The summed E-state index contributed by atoms with van der Waals surface area (Å²) in [6, 6.07) is -0.967. The Morgan fingerprint density at radius 1 is 1.53 bits per heavy atom. The number of imide groups is 1. The Kier molecular flexibility index (Phi) is 3.01. The third-order valence-corrected chi connectivity index (χ3v) is 1.45. The van der Waals surface area contributed by atoms with Crippen LogP contribution in [0.2, 0.25) is 0 Å². The number of aromatic carboxylic acids is 1. The molecule has 0 radical (unpaired) electrons. The molecule has 0 aliphatic rings. The average Bonchev–Trinajstić information content (AvgIpc) is 2.50. The number of carboxylic acids is 1. The standard InChI is InChI=1S/C7H8N4O4/c8-7(15)10-5(12)3-11-2-4(1-9-11)6(13)14/h1-2H,3H2,(H,13,14)(H3,8,10,12,15). The quantitative estimate of drug-likeness (QED) is 0.578. The number of carbonyl (C=O) groups is 3. The van der Waals surface area contributed by atoms with E-state index in [1.165, 1.54) is 6.20 Å². The molecule has 4 N–H and O–H groups in total. The Balaban J connectivity index is 2.61. The summed E-state index contributed by atoms with van der Waals surface area (Å²) in [4.78, 5) is 31.7. The molecule has 0 saturated heterocycles. The number of carboxylic acid groups (broad SMARTS) is 1. The number of hydrogen-bond donors (Lipinski definition) is 3. The highest BCUT2D eigenvalue weighted by Gasteiger charge is 2.09.